The molecule has 122 valence electrons. The van der Waals surface area contributed by atoms with Gasteiger partial charge in [-0.05, 0) is 37.3 Å². The highest BCUT2D eigenvalue weighted by Crippen LogP contribution is 2.34. The molecule has 0 spiro atoms. The third kappa shape index (κ3) is 6.74. The van der Waals surface area contributed by atoms with Crippen molar-refractivity contribution in [2.24, 2.45) is 17.1 Å². The molecule has 1 saturated heterocycles. The molecule has 0 saturated carbocycles. The zero-order chi connectivity index (χ0) is 16.0. The van der Waals surface area contributed by atoms with Gasteiger partial charge in [0.05, 0.1) is 4.99 Å². The summed E-state index contributed by atoms with van der Waals surface area (Å²) in [5.74, 6) is 0.988. The van der Waals surface area contributed by atoms with E-state index in [1.54, 1.807) is 4.90 Å². The molecule has 0 bridgehead atoms. The topological polar surface area (TPSA) is 49.6 Å². The molecule has 1 aliphatic heterocycles. The number of thiocarbonyl (C=S) groups is 1. The van der Waals surface area contributed by atoms with Gasteiger partial charge in [0.15, 0.2) is 0 Å². The summed E-state index contributed by atoms with van der Waals surface area (Å²) in [6.07, 6.45) is 3.69. The van der Waals surface area contributed by atoms with Gasteiger partial charge in [0, 0.05) is 33.0 Å². The van der Waals surface area contributed by atoms with Crippen LogP contribution in [0.2, 0.25) is 0 Å². The first kappa shape index (κ1) is 18.4. The normalized spacial score (nSPS) is 17.7. The minimum Gasteiger partial charge on any atom is -0.393 e. The SMILES string of the molecule is CN(CCC(N)=S)C(=O)CCN1CCC(C(C)(C)C)CC1. The van der Waals surface area contributed by atoms with Crippen LogP contribution >= 0.6 is 12.2 Å². The summed E-state index contributed by atoms with van der Waals surface area (Å²) in [6.45, 7) is 10.7. The monoisotopic (exact) mass is 313 g/mol. The van der Waals surface area contributed by atoms with Crippen molar-refractivity contribution in [3.05, 3.63) is 0 Å². The molecule has 1 rings (SSSR count). The van der Waals surface area contributed by atoms with Crippen molar-refractivity contribution in [2.45, 2.75) is 46.5 Å². The van der Waals surface area contributed by atoms with Crippen molar-refractivity contribution < 1.29 is 4.79 Å². The maximum Gasteiger partial charge on any atom is 0.223 e. The lowest BCUT2D eigenvalue weighted by atomic mass is 9.75. The van der Waals surface area contributed by atoms with E-state index in [2.05, 4.69) is 25.7 Å². The summed E-state index contributed by atoms with van der Waals surface area (Å²) in [7, 11) is 1.83. The molecule has 5 heteroatoms. The lowest BCUT2D eigenvalue weighted by Crippen LogP contribution is -2.40. The summed E-state index contributed by atoms with van der Waals surface area (Å²) in [6, 6.07) is 0. The second-order valence-electron chi connectivity index (χ2n) is 7.26. The quantitative estimate of drug-likeness (QED) is 0.764. The highest BCUT2D eigenvalue weighted by Gasteiger charge is 2.28. The summed E-state index contributed by atoms with van der Waals surface area (Å²) in [5.41, 5.74) is 5.87. The van der Waals surface area contributed by atoms with Gasteiger partial charge in [0.25, 0.3) is 0 Å². The van der Waals surface area contributed by atoms with Gasteiger partial charge in [-0.15, -0.1) is 0 Å². The second-order valence-corrected chi connectivity index (χ2v) is 7.79. The summed E-state index contributed by atoms with van der Waals surface area (Å²) >= 11 is 4.84. The van der Waals surface area contributed by atoms with Crippen molar-refractivity contribution in [1.29, 1.82) is 0 Å². The van der Waals surface area contributed by atoms with Gasteiger partial charge in [-0.25, -0.2) is 0 Å². The first-order valence-corrected chi connectivity index (χ1v) is 8.35. The number of nitrogens with zero attached hydrogens (tertiary/aromatic N) is 2. The molecule has 1 fully saturated rings. The van der Waals surface area contributed by atoms with E-state index in [1.807, 2.05) is 7.05 Å². The maximum atomic E-state index is 12.0. The van der Waals surface area contributed by atoms with Crippen molar-refractivity contribution in [2.75, 3.05) is 33.2 Å². The van der Waals surface area contributed by atoms with Crippen molar-refractivity contribution in [1.82, 2.24) is 9.80 Å². The largest absolute Gasteiger partial charge is 0.393 e. The Morgan fingerprint density at radius 3 is 2.33 bits per heavy atom. The van der Waals surface area contributed by atoms with Crippen molar-refractivity contribution in [3.63, 3.8) is 0 Å². The molecular weight excluding hydrogens is 282 g/mol. The van der Waals surface area contributed by atoms with E-state index in [-0.39, 0.29) is 5.91 Å². The van der Waals surface area contributed by atoms with Gasteiger partial charge in [0.1, 0.15) is 0 Å². The van der Waals surface area contributed by atoms with E-state index in [0.29, 0.717) is 29.8 Å². The number of carbonyl (C=O) groups is 1. The first-order chi connectivity index (χ1) is 9.70. The molecule has 1 amide bonds. The van der Waals surface area contributed by atoms with E-state index in [4.69, 9.17) is 18.0 Å². The van der Waals surface area contributed by atoms with Crippen molar-refractivity contribution >= 4 is 23.1 Å². The molecule has 1 heterocycles. The number of rotatable bonds is 6. The molecule has 0 atom stereocenters. The Kier molecular flexibility index (Phi) is 7.07. The Hall–Kier alpha value is -0.680. The second kappa shape index (κ2) is 8.08. The van der Waals surface area contributed by atoms with Gasteiger partial charge in [-0.2, -0.15) is 0 Å². The molecule has 0 aliphatic carbocycles. The predicted octanol–water partition coefficient (Wildman–Crippen LogP) is 2.27. The smallest absolute Gasteiger partial charge is 0.223 e. The molecular formula is C16H31N3OS. The summed E-state index contributed by atoms with van der Waals surface area (Å²) < 4.78 is 0. The van der Waals surface area contributed by atoms with Crippen LogP contribution in [0.5, 0.6) is 0 Å². The molecule has 0 aromatic carbocycles. The number of amides is 1. The van der Waals surface area contributed by atoms with Gasteiger partial charge < -0.3 is 15.5 Å². The molecule has 4 nitrogen and oxygen atoms in total. The number of nitrogens with two attached hydrogens (primary N) is 1. The number of hydrogen-bond acceptors (Lipinski definition) is 3. The fourth-order valence-corrected chi connectivity index (χ4v) is 2.96. The van der Waals surface area contributed by atoms with Gasteiger partial charge >= 0.3 is 0 Å². The average Bonchev–Trinajstić information content (AvgIpc) is 2.41. The maximum absolute atomic E-state index is 12.0. The highest BCUT2D eigenvalue weighted by atomic mass is 32.1. The zero-order valence-electron chi connectivity index (χ0n) is 14.0. The van der Waals surface area contributed by atoms with Crippen LogP contribution in [-0.2, 0) is 4.79 Å². The fourth-order valence-electron chi connectivity index (χ4n) is 2.87. The molecule has 0 aromatic heterocycles. The van der Waals surface area contributed by atoms with E-state index < -0.39 is 0 Å². The Morgan fingerprint density at radius 1 is 1.29 bits per heavy atom. The summed E-state index contributed by atoms with van der Waals surface area (Å²) in [4.78, 5) is 16.7. The third-order valence-electron chi connectivity index (χ3n) is 4.57. The van der Waals surface area contributed by atoms with Crippen LogP contribution in [0, 0.1) is 11.3 Å². The predicted molar refractivity (Wildman–Crippen MR) is 92.3 cm³/mol. The van der Waals surface area contributed by atoms with Gasteiger partial charge in [0.2, 0.25) is 5.91 Å². The Morgan fingerprint density at radius 2 is 1.86 bits per heavy atom. The fraction of sp³-hybridized carbons (Fsp3) is 0.875. The number of hydrogen-bond donors (Lipinski definition) is 1. The zero-order valence-corrected chi connectivity index (χ0v) is 14.8. The molecule has 0 unspecified atom stereocenters. The van der Waals surface area contributed by atoms with Crippen LogP contribution in [0.15, 0.2) is 0 Å². The molecule has 21 heavy (non-hydrogen) atoms. The van der Waals surface area contributed by atoms with E-state index in [1.165, 1.54) is 12.8 Å². The Bertz CT molecular complexity index is 357. The number of likely N-dealkylation sites (tertiary alicyclic amines) is 1. The first-order valence-electron chi connectivity index (χ1n) is 7.94. The third-order valence-corrected chi connectivity index (χ3v) is 4.78. The highest BCUT2D eigenvalue weighted by molar-refractivity contribution is 7.80. The summed E-state index contributed by atoms with van der Waals surface area (Å²) in [5, 5.41) is 0. The van der Waals surface area contributed by atoms with Crippen LogP contribution in [-0.4, -0.2) is 53.9 Å². The van der Waals surface area contributed by atoms with Crippen LogP contribution in [0.25, 0.3) is 0 Å². The Balaban J connectivity index is 2.24. The van der Waals surface area contributed by atoms with Crippen LogP contribution in [0.4, 0.5) is 0 Å². The molecule has 2 N–H and O–H groups in total. The van der Waals surface area contributed by atoms with E-state index in [9.17, 15) is 4.79 Å². The number of carbonyl (C=O) groups excluding carboxylic acids is 1. The van der Waals surface area contributed by atoms with Crippen LogP contribution in [0.1, 0.15) is 46.5 Å². The van der Waals surface area contributed by atoms with Crippen LogP contribution in [0.3, 0.4) is 0 Å². The van der Waals surface area contributed by atoms with E-state index in [0.717, 1.165) is 25.6 Å². The molecule has 0 aromatic rings. The minimum atomic E-state index is 0.184. The number of piperidine rings is 1. The van der Waals surface area contributed by atoms with Crippen LogP contribution < -0.4 is 5.73 Å². The standard InChI is InChI=1S/C16H31N3OS/c1-16(2,3)13-5-10-19(11-6-13)12-8-15(20)18(4)9-7-14(17)21/h13H,5-12H2,1-4H3,(H2,17,21). The lowest BCUT2D eigenvalue weighted by molar-refractivity contribution is -0.130. The lowest BCUT2D eigenvalue weighted by Gasteiger charge is -2.38. The average molecular weight is 314 g/mol. The van der Waals surface area contributed by atoms with E-state index >= 15 is 0 Å². The minimum absolute atomic E-state index is 0.184. The van der Waals surface area contributed by atoms with Crippen molar-refractivity contribution in [3.8, 4) is 0 Å². The Labute approximate surface area is 135 Å². The van der Waals surface area contributed by atoms with Gasteiger partial charge in [-0.3, -0.25) is 4.79 Å². The molecule has 0 radical (unpaired) electrons. The molecule has 1 aliphatic rings. The van der Waals surface area contributed by atoms with Gasteiger partial charge in [-0.1, -0.05) is 33.0 Å².